The van der Waals surface area contributed by atoms with E-state index in [9.17, 15) is 4.79 Å². The number of benzene rings is 2. The molecule has 1 aliphatic rings. The lowest BCUT2D eigenvalue weighted by Crippen LogP contribution is -2.35. The van der Waals surface area contributed by atoms with Crippen LogP contribution in [0.4, 0.5) is 0 Å². The summed E-state index contributed by atoms with van der Waals surface area (Å²) in [4.78, 5) is 18.6. The number of hydrogen-bond donors (Lipinski definition) is 2. The number of pyridine rings is 1. The Morgan fingerprint density at radius 1 is 1.03 bits per heavy atom. The molecule has 2 aromatic heterocycles. The molecular weight excluding hydrogens is 436 g/mol. The minimum absolute atomic E-state index is 0.232. The summed E-state index contributed by atoms with van der Waals surface area (Å²) in [7, 11) is 0. The van der Waals surface area contributed by atoms with Crippen molar-refractivity contribution in [3.8, 4) is 22.5 Å². The monoisotopic (exact) mass is 462 g/mol. The fourth-order valence-corrected chi connectivity index (χ4v) is 4.80. The highest BCUT2D eigenvalue weighted by Crippen LogP contribution is 2.38. The number of fused-ring (bicyclic) bond motifs is 1. The van der Waals surface area contributed by atoms with Crippen LogP contribution in [0.2, 0.25) is 5.02 Å². The molecule has 1 saturated heterocycles. The minimum atomic E-state index is -0.232. The third-order valence-electron chi connectivity index (χ3n) is 6.23. The average Bonchev–Trinajstić information content (AvgIpc) is 3.30. The van der Waals surface area contributed by atoms with Crippen molar-refractivity contribution < 1.29 is 4.52 Å². The number of nitrogens with one attached hydrogen (secondary N) is 2. The first-order valence-electron chi connectivity index (χ1n) is 11.5. The molecule has 4 aromatic rings. The van der Waals surface area contributed by atoms with Crippen LogP contribution in [0, 0.1) is 0 Å². The lowest BCUT2D eigenvalue weighted by Gasteiger charge is -2.26. The Hall–Kier alpha value is -2.93. The van der Waals surface area contributed by atoms with Crippen LogP contribution in [0.5, 0.6) is 0 Å². The summed E-state index contributed by atoms with van der Waals surface area (Å²) in [5.41, 5.74) is 3.26. The molecule has 0 spiro atoms. The largest absolute Gasteiger partial charge is 0.356 e. The van der Waals surface area contributed by atoms with Crippen LogP contribution in [0.15, 0.2) is 63.9 Å². The second-order valence-corrected chi connectivity index (χ2v) is 8.90. The van der Waals surface area contributed by atoms with E-state index < -0.39 is 0 Å². The minimum Gasteiger partial charge on any atom is -0.356 e. The van der Waals surface area contributed by atoms with Gasteiger partial charge in [-0.2, -0.15) is 0 Å². The number of halogens is 1. The number of H-pyrrole nitrogens is 1. The summed E-state index contributed by atoms with van der Waals surface area (Å²) in [6.45, 7) is 4.89. The van der Waals surface area contributed by atoms with Gasteiger partial charge in [0.25, 0.3) is 5.56 Å². The summed E-state index contributed by atoms with van der Waals surface area (Å²) in [5.74, 6) is 0.435. The topological polar surface area (TPSA) is 74.2 Å². The van der Waals surface area contributed by atoms with E-state index in [0.717, 1.165) is 40.8 Å². The number of piperidine rings is 1. The van der Waals surface area contributed by atoms with Crippen LogP contribution in [0.3, 0.4) is 0 Å². The number of hydrogen-bond acceptors (Lipinski definition) is 5. The molecule has 3 heterocycles. The normalized spacial score (nSPS) is 14.7. The van der Waals surface area contributed by atoms with Gasteiger partial charge < -0.3 is 19.7 Å². The van der Waals surface area contributed by atoms with Gasteiger partial charge in [-0.15, -0.1) is 0 Å². The number of aromatic amines is 1. The van der Waals surface area contributed by atoms with Gasteiger partial charge in [0.15, 0.2) is 5.76 Å². The van der Waals surface area contributed by atoms with Gasteiger partial charge in [-0.1, -0.05) is 59.6 Å². The quantitative estimate of drug-likeness (QED) is 0.375. The molecule has 0 radical (unpaired) electrons. The van der Waals surface area contributed by atoms with Crippen molar-refractivity contribution in [2.24, 2.45) is 0 Å². The summed E-state index contributed by atoms with van der Waals surface area (Å²) in [5, 5.41) is 9.14. The molecule has 7 heteroatoms. The van der Waals surface area contributed by atoms with Crippen LogP contribution in [-0.2, 0) is 6.54 Å². The number of rotatable bonds is 7. The van der Waals surface area contributed by atoms with E-state index >= 15 is 0 Å². The standard InChI is InChI=1S/C26H27ClN4O2/c27-21-10-4-2-8-19(21)24-20-9-3-5-11-22(20)29-26(32)25(24)23-16-18(30-33-23)17-28-12-15-31-13-6-1-7-14-31/h2-5,8-11,16,28H,1,6-7,12-15,17H2,(H,29,32). The van der Waals surface area contributed by atoms with E-state index in [1.165, 1.54) is 32.4 Å². The number of para-hydroxylation sites is 1. The molecule has 0 atom stereocenters. The van der Waals surface area contributed by atoms with E-state index in [1.807, 2.05) is 54.6 Å². The van der Waals surface area contributed by atoms with Gasteiger partial charge in [0.05, 0.1) is 11.3 Å². The molecule has 33 heavy (non-hydrogen) atoms. The van der Waals surface area contributed by atoms with Crippen LogP contribution in [0.1, 0.15) is 25.0 Å². The maximum Gasteiger partial charge on any atom is 0.260 e. The van der Waals surface area contributed by atoms with Crippen molar-refractivity contribution in [3.05, 3.63) is 75.7 Å². The zero-order chi connectivity index (χ0) is 22.6. The molecule has 2 N–H and O–H groups in total. The van der Waals surface area contributed by atoms with Gasteiger partial charge in [0, 0.05) is 52.8 Å². The third kappa shape index (κ3) is 4.74. The Kier molecular flexibility index (Phi) is 6.58. The fraction of sp³-hybridized carbons (Fsp3) is 0.308. The molecule has 0 amide bonds. The van der Waals surface area contributed by atoms with Crippen LogP contribution in [-0.4, -0.2) is 41.2 Å². The van der Waals surface area contributed by atoms with Crippen molar-refractivity contribution in [2.75, 3.05) is 26.2 Å². The molecule has 2 aromatic carbocycles. The Labute approximate surface area is 197 Å². The fourth-order valence-electron chi connectivity index (χ4n) is 4.57. The second-order valence-electron chi connectivity index (χ2n) is 8.49. The van der Waals surface area contributed by atoms with E-state index in [-0.39, 0.29) is 5.56 Å². The Morgan fingerprint density at radius 2 is 1.82 bits per heavy atom. The highest BCUT2D eigenvalue weighted by atomic mass is 35.5. The van der Waals surface area contributed by atoms with Crippen molar-refractivity contribution in [1.29, 1.82) is 0 Å². The lowest BCUT2D eigenvalue weighted by molar-refractivity contribution is 0.228. The first-order valence-corrected chi connectivity index (χ1v) is 11.9. The predicted molar refractivity (Wildman–Crippen MR) is 133 cm³/mol. The zero-order valence-corrected chi connectivity index (χ0v) is 19.2. The SMILES string of the molecule is O=c1[nH]c2ccccc2c(-c2ccccc2Cl)c1-c1cc(CNCCN2CCCCC2)no1. The first kappa shape index (κ1) is 21.9. The van der Waals surface area contributed by atoms with Crippen molar-refractivity contribution in [3.63, 3.8) is 0 Å². The molecule has 170 valence electrons. The van der Waals surface area contributed by atoms with Crippen LogP contribution >= 0.6 is 11.6 Å². The van der Waals surface area contributed by atoms with Crippen molar-refractivity contribution in [2.45, 2.75) is 25.8 Å². The molecule has 0 saturated carbocycles. The van der Waals surface area contributed by atoms with Crippen molar-refractivity contribution >= 4 is 22.5 Å². The lowest BCUT2D eigenvalue weighted by atomic mass is 9.95. The van der Waals surface area contributed by atoms with Gasteiger partial charge in [-0.25, -0.2) is 0 Å². The summed E-state index contributed by atoms with van der Waals surface area (Å²) in [6, 6.07) is 17.1. The maximum atomic E-state index is 13.2. The Morgan fingerprint density at radius 3 is 2.67 bits per heavy atom. The zero-order valence-electron chi connectivity index (χ0n) is 18.4. The molecular formula is C26H27ClN4O2. The van der Waals surface area contributed by atoms with Crippen LogP contribution < -0.4 is 10.9 Å². The summed E-state index contributed by atoms with van der Waals surface area (Å²) < 4.78 is 5.67. The molecule has 0 aliphatic carbocycles. The molecule has 1 fully saturated rings. The molecule has 6 nitrogen and oxygen atoms in total. The van der Waals surface area contributed by atoms with Gasteiger partial charge in [0.2, 0.25) is 0 Å². The summed E-state index contributed by atoms with van der Waals surface area (Å²) >= 11 is 6.55. The third-order valence-corrected chi connectivity index (χ3v) is 6.56. The molecule has 0 unspecified atom stereocenters. The van der Waals surface area contributed by atoms with E-state index in [2.05, 4.69) is 20.4 Å². The predicted octanol–water partition coefficient (Wildman–Crippen LogP) is 5.08. The highest BCUT2D eigenvalue weighted by molar-refractivity contribution is 6.34. The van der Waals surface area contributed by atoms with Gasteiger partial charge >= 0.3 is 0 Å². The van der Waals surface area contributed by atoms with Crippen LogP contribution in [0.25, 0.3) is 33.4 Å². The Bertz CT molecular complexity index is 1310. The molecule has 1 aliphatic heterocycles. The Balaban J connectivity index is 1.44. The smallest absolute Gasteiger partial charge is 0.260 e. The van der Waals surface area contributed by atoms with Gasteiger partial charge in [-0.3, -0.25) is 4.79 Å². The molecule has 0 bridgehead atoms. The van der Waals surface area contributed by atoms with E-state index in [0.29, 0.717) is 22.9 Å². The molecule has 5 rings (SSSR count). The van der Waals surface area contributed by atoms with Gasteiger partial charge in [0.1, 0.15) is 0 Å². The van der Waals surface area contributed by atoms with E-state index in [1.54, 1.807) is 0 Å². The van der Waals surface area contributed by atoms with Gasteiger partial charge in [-0.05, 0) is 38.1 Å². The second kappa shape index (κ2) is 9.91. The number of likely N-dealkylation sites (tertiary alicyclic amines) is 1. The van der Waals surface area contributed by atoms with Crippen molar-refractivity contribution in [1.82, 2.24) is 20.4 Å². The summed E-state index contributed by atoms with van der Waals surface area (Å²) in [6.07, 6.45) is 3.93. The maximum absolute atomic E-state index is 13.2. The number of aromatic nitrogens is 2. The van der Waals surface area contributed by atoms with E-state index in [4.69, 9.17) is 16.1 Å². The number of nitrogens with zero attached hydrogens (tertiary/aromatic N) is 2. The highest BCUT2D eigenvalue weighted by Gasteiger charge is 2.21. The first-order chi connectivity index (χ1) is 16.2. The average molecular weight is 463 g/mol.